The molecule has 540 valence electrons. The molecule has 8 aromatic rings. The minimum absolute atomic E-state index is 0.109. The number of ether oxygens (including phenoxy) is 2. The van der Waals surface area contributed by atoms with Gasteiger partial charge in [-0.2, -0.15) is 15.3 Å². The van der Waals surface area contributed by atoms with Gasteiger partial charge in [-0.1, -0.05) is 115 Å². The first-order valence-electron chi connectivity index (χ1n) is 34.0. The smallest absolute Gasteiger partial charge is 0.436 e. The average molecular weight is 1430 g/mol. The fourth-order valence-corrected chi connectivity index (χ4v) is 13.4. The Morgan fingerprint density at radius 2 is 1.05 bits per heavy atom. The lowest BCUT2D eigenvalue weighted by Crippen LogP contribution is -2.47. The molecule has 6 heterocycles. The number of nitrogens with two attached hydrogens (primary N) is 2. The van der Waals surface area contributed by atoms with Crippen molar-refractivity contribution >= 4 is 77.6 Å². The normalized spacial score (nSPS) is 19.7. The minimum Gasteiger partial charge on any atom is -0.448 e. The lowest BCUT2D eigenvalue weighted by molar-refractivity contribution is -0.115. The van der Waals surface area contributed by atoms with Crippen molar-refractivity contribution in [2.45, 2.75) is 166 Å². The van der Waals surface area contributed by atoms with Crippen molar-refractivity contribution in [3.05, 3.63) is 213 Å². The number of nitrogen functional groups attached to an aromatic ring is 2. The molecule has 9 N–H and O–H groups in total. The minimum atomic E-state index is -0.678. The van der Waals surface area contributed by atoms with Crippen LogP contribution in [0, 0.1) is 11.6 Å². The molecule has 3 aromatic heterocycles. The number of halogens is 3. The Bertz CT molecular complexity index is 4420. The van der Waals surface area contributed by atoms with Crippen LogP contribution in [-0.4, -0.2) is 129 Å². The number of amides is 5. The second-order valence-electron chi connectivity index (χ2n) is 27.3. The van der Waals surface area contributed by atoms with Gasteiger partial charge in [-0.3, -0.25) is 14.7 Å². The number of H-pyrrole nitrogens is 1. The van der Waals surface area contributed by atoms with E-state index in [4.69, 9.17) is 32.5 Å². The van der Waals surface area contributed by atoms with Crippen LogP contribution in [0.4, 0.5) is 45.4 Å². The number of urea groups is 2. The highest BCUT2D eigenvalue weighted by atomic mass is 35.5. The zero-order valence-electron chi connectivity index (χ0n) is 58.8. The molecule has 3 aliphatic heterocycles. The lowest BCUT2D eigenvalue weighted by Gasteiger charge is -2.32. The highest BCUT2D eigenvalue weighted by Gasteiger charge is 2.50. The number of hydrogen-bond acceptors (Lipinski definition) is 17. The fourth-order valence-electron chi connectivity index (χ4n) is 13.2. The summed E-state index contributed by atoms with van der Waals surface area (Å²) < 4.78 is 37.5. The number of anilines is 3. The molecule has 14 rings (SSSR count). The maximum atomic E-state index is 13.1. The van der Waals surface area contributed by atoms with E-state index in [0.29, 0.717) is 65.7 Å². The van der Waals surface area contributed by atoms with Gasteiger partial charge in [0, 0.05) is 59.5 Å². The predicted molar refractivity (Wildman–Crippen MR) is 384 cm³/mol. The Balaban J connectivity index is 0.000000147. The number of nitrogens with one attached hydrogen (secondary N) is 4. The van der Waals surface area contributed by atoms with Gasteiger partial charge in [0.2, 0.25) is 17.2 Å². The molecule has 0 bridgehead atoms. The van der Waals surface area contributed by atoms with Crippen LogP contribution >= 0.6 is 11.6 Å². The molecular formula is C74H85BClF2N15O10. The summed E-state index contributed by atoms with van der Waals surface area (Å²) in [6.45, 7) is 18.4. The van der Waals surface area contributed by atoms with Gasteiger partial charge in [-0.15, -0.1) is 9.36 Å². The van der Waals surface area contributed by atoms with E-state index in [1.807, 2.05) is 101 Å². The molecule has 0 radical (unpaired) electrons. The van der Waals surface area contributed by atoms with E-state index in [1.165, 1.54) is 53.1 Å². The van der Waals surface area contributed by atoms with Crippen molar-refractivity contribution < 1.29 is 56.8 Å². The molecule has 103 heavy (non-hydrogen) atoms. The van der Waals surface area contributed by atoms with Gasteiger partial charge in [0.05, 0.1) is 72.5 Å². The van der Waals surface area contributed by atoms with Gasteiger partial charge in [0.15, 0.2) is 5.82 Å². The maximum absolute atomic E-state index is 13.1. The third-order valence-electron chi connectivity index (χ3n) is 19.2. The van der Waals surface area contributed by atoms with E-state index >= 15 is 0 Å². The van der Waals surface area contributed by atoms with E-state index in [1.54, 1.807) is 48.7 Å². The van der Waals surface area contributed by atoms with Crippen molar-refractivity contribution in [2.75, 3.05) is 30.0 Å². The zero-order chi connectivity index (χ0) is 74.2. The molecule has 0 unspecified atom stereocenters. The van der Waals surface area contributed by atoms with Gasteiger partial charge >= 0.3 is 31.3 Å². The molecule has 6 atom stereocenters. The highest BCUT2D eigenvalue weighted by Crippen LogP contribution is 2.47. The molecular weight excluding hydrogens is 1340 g/mol. The maximum Gasteiger partial charge on any atom is 0.436 e. The first-order valence-corrected chi connectivity index (χ1v) is 34.4. The number of isocyanates is 1. The first kappa shape index (κ1) is 75.1. The van der Waals surface area contributed by atoms with Gasteiger partial charge < -0.3 is 56.5 Å². The number of fused-ring (bicyclic) bond motifs is 3. The highest BCUT2D eigenvalue weighted by molar-refractivity contribution is 6.63. The number of benzene rings is 5. The second kappa shape index (κ2) is 31.8. The van der Waals surface area contributed by atoms with Crippen LogP contribution < -0.4 is 27.4 Å². The molecule has 6 aliphatic rings. The lowest BCUT2D eigenvalue weighted by atomic mass is 9.80. The van der Waals surface area contributed by atoms with Crippen molar-refractivity contribution in [3.8, 4) is 0 Å². The van der Waals surface area contributed by atoms with E-state index in [-0.39, 0.29) is 85.4 Å². The average Bonchev–Trinajstić information content (AvgIpc) is 1.59. The fraction of sp³-hybridized carbons (Fsp3) is 0.378. The number of carbonyl (C=O) groups is 6. The molecule has 3 saturated carbocycles. The molecule has 0 saturated heterocycles. The third kappa shape index (κ3) is 17.3. The Kier molecular flexibility index (Phi) is 23.2. The van der Waals surface area contributed by atoms with Crippen LogP contribution in [0.25, 0.3) is 0 Å². The number of rotatable bonds is 14. The number of aromatic nitrogens is 6. The van der Waals surface area contributed by atoms with Gasteiger partial charge in [-0.25, -0.2) is 37.7 Å². The van der Waals surface area contributed by atoms with Gasteiger partial charge in [0.25, 0.3) is 0 Å². The SMILES string of the molecule is CC1(C)c2[nH]nc(NC(=O)Cc3ccc(F)cc3)c2CN1C(=O)N[C@@H]1C[C@H]1c1ccccc1.CCOC(=O)n1nc2c(c1N)CN(B(C)O)C2(C)C.CCOC(=O)n1nc2c(c1N)CN(C(=O)N[C@@H]1C[C@H]1c1ccccc1)C2(C)C.O=C(Cl)Cc1ccc(F)cc1.O=C=N[C@@H]1C[C@H]1c1ccccc1. The topological polar surface area (TPSA) is 333 Å². The molecule has 0 spiro atoms. The monoisotopic (exact) mass is 1430 g/mol. The molecule has 29 heteroatoms. The summed E-state index contributed by atoms with van der Waals surface area (Å²) >= 11 is 5.12. The molecule has 3 aliphatic carbocycles. The van der Waals surface area contributed by atoms with Crippen molar-refractivity contribution in [1.82, 2.24) is 55.0 Å². The Morgan fingerprint density at radius 3 is 1.48 bits per heavy atom. The Hall–Kier alpha value is -10.5. The van der Waals surface area contributed by atoms with Crippen LogP contribution in [0.1, 0.15) is 154 Å². The molecule has 5 amide bonds. The standard InChI is InChI=1S/C25H26FN5O2.C20H25N5O3.C11H19BN4O3.C10H9NO.C8H6ClFO/c1-25(2)22-19(23(30-29-22)28-21(32)12-15-8-10-17(26)11-9-15)14-31(25)24(33)27-20-13-18(20)16-6-4-3-5-7-16;1-4-28-19(27)25-17(21)14-11-24(20(2,3)16(14)23-25)18(26)22-15-10-13(15)12-8-6-5-7-9-12;1-5-19-10(17)16-9(13)7-6-15(12(4)18)11(2,3)8(7)14-16;12-7-11-10-6-9(10)8-4-2-1-3-5-8;9-8(11)5-6-1-3-7(10)4-2-6/h3-11,18,20H,12-14H2,1-2H3,(H,27,33)(H2,28,29,30,32);5-9,13,15H,4,10-11,21H2,1-3H3,(H,22,26);18H,5-6,13H2,1-4H3;1-5,9-10H,6H2;1-4H,5H2/t18-,20+;13-,15+;;9-,10+;/m00.0./s1. The Morgan fingerprint density at radius 1 is 0.621 bits per heavy atom. The zero-order valence-corrected chi connectivity index (χ0v) is 59.6. The van der Waals surface area contributed by atoms with Gasteiger partial charge in [-0.05, 0) is 145 Å². The molecule has 3 fully saturated rings. The largest absolute Gasteiger partial charge is 0.448 e. The van der Waals surface area contributed by atoms with E-state index in [9.17, 15) is 47.4 Å². The number of aliphatic imine (C=N–C) groups is 1. The van der Waals surface area contributed by atoms with Crippen molar-refractivity contribution in [1.29, 1.82) is 0 Å². The van der Waals surface area contributed by atoms with E-state index in [2.05, 4.69) is 77.7 Å². The summed E-state index contributed by atoms with van der Waals surface area (Å²) in [5.74, 6) is 1.21. The number of hydrogen-bond donors (Lipinski definition) is 7. The van der Waals surface area contributed by atoms with E-state index in [0.717, 1.165) is 51.0 Å². The first-order chi connectivity index (χ1) is 49.1. The summed E-state index contributed by atoms with van der Waals surface area (Å²) in [5, 5.41) is 34.4. The van der Waals surface area contributed by atoms with Crippen LogP contribution in [0.15, 0.2) is 145 Å². The van der Waals surface area contributed by atoms with Gasteiger partial charge in [0.1, 0.15) is 23.3 Å². The second-order valence-corrected chi connectivity index (χ2v) is 27.8. The quantitative estimate of drug-likeness (QED) is 0.0230. The third-order valence-corrected chi connectivity index (χ3v) is 19.3. The van der Waals surface area contributed by atoms with Crippen LogP contribution in [0.5, 0.6) is 0 Å². The predicted octanol–water partition coefficient (Wildman–Crippen LogP) is 11.5. The van der Waals surface area contributed by atoms with Crippen molar-refractivity contribution in [2.24, 2.45) is 4.99 Å². The molecule has 25 nitrogen and oxygen atoms in total. The number of aromatic amines is 1. The summed E-state index contributed by atoms with van der Waals surface area (Å²) in [6, 6.07) is 42.2. The molecule has 5 aromatic carbocycles. The van der Waals surface area contributed by atoms with E-state index < -0.39 is 41.1 Å². The van der Waals surface area contributed by atoms with Crippen molar-refractivity contribution in [3.63, 3.8) is 0 Å². The number of carbonyl (C=O) groups excluding carboxylic acids is 7. The van der Waals surface area contributed by atoms with Crippen LogP contribution in [-0.2, 0) is 73.0 Å². The summed E-state index contributed by atoms with van der Waals surface area (Å²) in [6.07, 6.45) is 3.55. The summed E-state index contributed by atoms with van der Waals surface area (Å²) in [5.41, 5.74) is 20.0. The summed E-state index contributed by atoms with van der Waals surface area (Å²) in [4.78, 5) is 91.7. The number of nitrogens with zero attached hydrogens (tertiary/aromatic N) is 9. The van der Waals surface area contributed by atoms with Crippen LogP contribution in [0.3, 0.4) is 0 Å². The summed E-state index contributed by atoms with van der Waals surface area (Å²) in [7, 11) is -0.611. The van der Waals surface area contributed by atoms with Crippen LogP contribution in [0.2, 0.25) is 6.82 Å². The Labute approximate surface area is 600 Å².